The van der Waals surface area contributed by atoms with Crippen molar-refractivity contribution in [2.45, 2.75) is 0 Å². The molecule has 0 heterocycles. The van der Waals surface area contributed by atoms with E-state index in [1.54, 1.807) is 36.4 Å². The number of ether oxygens (including phenoxy) is 3. The van der Waals surface area contributed by atoms with Gasteiger partial charge in [-0.25, -0.2) is 10.2 Å². The van der Waals surface area contributed by atoms with Crippen LogP contribution in [0, 0.1) is 10.1 Å². The van der Waals surface area contributed by atoms with Gasteiger partial charge in [0.25, 0.3) is 5.91 Å². The fourth-order valence-corrected chi connectivity index (χ4v) is 2.70. The second-order valence-corrected chi connectivity index (χ2v) is 6.53. The Kier molecular flexibility index (Phi) is 7.32. The molecule has 3 aromatic rings. The maximum absolute atomic E-state index is 12.3. The summed E-state index contributed by atoms with van der Waals surface area (Å²) in [4.78, 5) is 35.2. The van der Waals surface area contributed by atoms with E-state index >= 15 is 0 Å². The van der Waals surface area contributed by atoms with E-state index in [1.165, 1.54) is 50.8 Å². The average molecular weight is 449 g/mol. The molecule has 3 aromatic carbocycles. The van der Waals surface area contributed by atoms with Gasteiger partial charge in [-0.1, -0.05) is 0 Å². The predicted molar refractivity (Wildman–Crippen MR) is 119 cm³/mol. The Morgan fingerprint density at radius 3 is 2.03 bits per heavy atom. The van der Waals surface area contributed by atoms with Crippen LogP contribution in [0.2, 0.25) is 0 Å². The van der Waals surface area contributed by atoms with Crippen LogP contribution in [0.5, 0.6) is 17.2 Å². The van der Waals surface area contributed by atoms with Crippen molar-refractivity contribution in [2.24, 2.45) is 5.10 Å². The van der Waals surface area contributed by atoms with Crippen LogP contribution in [-0.2, 0) is 0 Å². The van der Waals surface area contributed by atoms with Crippen molar-refractivity contribution >= 4 is 23.8 Å². The molecule has 0 aliphatic heterocycles. The first-order valence-electron chi connectivity index (χ1n) is 9.53. The quantitative estimate of drug-likeness (QED) is 0.183. The molecule has 33 heavy (non-hydrogen) atoms. The maximum Gasteiger partial charge on any atom is 0.343 e. The number of benzene rings is 3. The molecule has 0 bridgehead atoms. The van der Waals surface area contributed by atoms with Crippen LogP contribution in [0.3, 0.4) is 0 Å². The van der Waals surface area contributed by atoms with Crippen molar-refractivity contribution < 1.29 is 28.7 Å². The molecule has 0 atom stereocenters. The molecule has 1 N–H and O–H groups in total. The fraction of sp³-hybridized carbons (Fsp3) is 0.0870. The van der Waals surface area contributed by atoms with E-state index in [4.69, 9.17) is 14.2 Å². The summed E-state index contributed by atoms with van der Waals surface area (Å²) in [6, 6.07) is 16.5. The Morgan fingerprint density at radius 2 is 1.48 bits per heavy atom. The lowest BCUT2D eigenvalue weighted by Crippen LogP contribution is -2.17. The highest BCUT2D eigenvalue weighted by atomic mass is 16.6. The third-order valence-electron chi connectivity index (χ3n) is 4.44. The summed E-state index contributed by atoms with van der Waals surface area (Å²) in [7, 11) is 3.01. The van der Waals surface area contributed by atoms with E-state index in [2.05, 4.69) is 10.5 Å². The third kappa shape index (κ3) is 5.91. The van der Waals surface area contributed by atoms with Gasteiger partial charge in [-0.2, -0.15) is 5.10 Å². The maximum atomic E-state index is 12.3. The van der Waals surface area contributed by atoms with Crippen molar-refractivity contribution in [3.8, 4) is 17.2 Å². The first kappa shape index (κ1) is 22.9. The summed E-state index contributed by atoms with van der Waals surface area (Å²) < 4.78 is 15.3. The van der Waals surface area contributed by atoms with Crippen LogP contribution in [0.4, 0.5) is 5.69 Å². The largest absolute Gasteiger partial charge is 0.497 e. The summed E-state index contributed by atoms with van der Waals surface area (Å²) >= 11 is 0. The van der Waals surface area contributed by atoms with Gasteiger partial charge in [0.2, 0.25) is 5.75 Å². The summed E-state index contributed by atoms with van der Waals surface area (Å²) in [6.07, 6.45) is 1.24. The zero-order valence-corrected chi connectivity index (χ0v) is 17.7. The van der Waals surface area contributed by atoms with E-state index in [0.717, 1.165) is 0 Å². The monoisotopic (exact) mass is 449 g/mol. The third-order valence-corrected chi connectivity index (χ3v) is 4.44. The minimum Gasteiger partial charge on any atom is -0.497 e. The number of hydrogen-bond donors (Lipinski definition) is 1. The summed E-state index contributed by atoms with van der Waals surface area (Å²) in [5.41, 5.74) is 2.79. The number of esters is 1. The highest BCUT2D eigenvalue weighted by Gasteiger charge is 2.19. The number of nitrogens with zero attached hydrogens (tertiary/aromatic N) is 2. The SMILES string of the molecule is COc1ccc(C(=O)N/N=C\c2ccc(OC(=O)c3ccc(OC)cc3)c([N+](=O)[O-])c2)cc1. The van der Waals surface area contributed by atoms with Gasteiger partial charge in [0.15, 0.2) is 0 Å². The lowest BCUT2D eigenvalue weighted by Gasteiger charge is -2.06. The van der Waals surface area contributed by atoms with Gasteiger partial charge in [-0.15, -0.1) is 0 Å². The zero-order valence-electron chi connectivity index (χ0n) is 17.7. The Balaban J connectivity index is 1.70. The second-order valence-electron chi connectivity index (χ2n) is 6.53. The van der Waals surface area contributed by atoms with Gasteiger partial charge in [-0.05, 0) is 60.7 Å². The van der Waals surface area contributed by atoms with E-state index in [-0.39, 0.29) is 11.3 Å². The number of rotatable bonds is 8. The number of carbonyl (C=O) groups is 2. The van der Waals surface area contributed by atoms with Gasteiger partial charge in [0, 0.05) is 17.2 Å². The molecular weight excluding hydrogens is 430 g/mol. The molecule has 0 radical (unpaired) electrons. The molecule has 0 spiro atoms. The van der Waals surface area contributed by atoms with Crippen molar-refractivity contribution in [1.29, 1.82) is 0 Å². The van der Waals surface area contributed by atoms with Crippen LogP contribution in [0.15, 0.2) is 71.8 Å². The normalized spacial score (nSPS) is 10.5. The minimum atomic E-state index is -0.756. The number of hydrogen-bond acceptors (Lipinski definition) is 8. The summed E-state index contributed by atoms with van der Waals surface area (Å²) in [6.45, 7) is 0. The highest BCUT2D eigenvalue weighted by molar-refractivity contribution is 5.95. The molecule has 0 saturated heterocycles. The van der Waals surface area contributed by atoms with Crippen molar-refractivity contribution in [2.75, 3.05) is 14.2 Å². The highest BCUT2D eigenvalue weighted by Crippen LogP contribution is 2.28. The molecule has 0 fully saturated rings. The van der Waals surface area contributed by atoms with E-state index in [1.807, 2.05) is 0 Å². The molecule has 0 aliphatic carbocycles. The Hall–Kier alpha value is -4.73. The Labute approximate surface area is 188 Å². The van der Waals surface area contributed by atoms with Crippen LogP contribution in [0.1, 0.15) is 26.3 Å². The molecule has 1 amide bonds. The lowest BCUT2D eigenvalue weighted by atomic mass is 10.2. The average Bonchev–Trinajstić information content (AvgIpc) is 2.84. The molecule has 3 rings (SSSR count). The number of nitro groups is 1. The van der Waals surface area contributed by atoms with Crippen molar-refractivity contribution in [3.63, 3.8) is 0 Å². The molecule has 0 aliphatic rings. The summed E-state index contributed by atoms with van der Waals surface area (Å²) in [5, 5.41) is 15.3. The summed E-state index contributed by atoms with van der Waals surface area (Å²) in [5.74, 6) is -0.280. The smallest absolute Gasteiger partial charge is 0.343 e. The van der Waals surface area contributed by atoms with E-state index in [0.29, 0.717) is 22.6 Å². The number of carbonyl (C=O) groups excluding carboxylic acids is 2. The van der Waals surface area contributed by atoms with E-state index < -0.39 is 22.5 Å². The zero-order chi connectivity index (χ0) is 23.8. The van der Waals surface area contributed by atoms with Gasteiger partial charge >= 0.3 is 11.7 Å². The first-order valence-corrected chi connectivity index (χ1v) is 9.53. The van der Waals surface area contributed by atoms with Gasteiger partial charge in [0.05, 0.1) is 30.9 Å². The molecule has 10 nitrogen and oxygen atoms in total. The van der Waals surface area contributed by atoms with Crippen molar-refractivity contribution in [3.05, 3.63) is 93.5 Å². The second kappa shape index (κ2) is 10.5. The molecule has 10 heteroatoms. The van der Waals surface area contributed by atoms with Crippen LogP contribution in [0.25, 0.3) is 0 Å². The van der Waals surface area contributed by atoms with Gasteiger partial charge in [-0.3, -0.25) is 14.9 Å². The number of hydrazone groups is 1. The van der Waals surface area contributed by atoms with Crippen LogP contribution in [-0.4, -0.2) is 37.2 Å². The molecule has 0 saturated carbocycles. The molecule has 0 unspecified atom stereocenters. The molecule has 168 valence electrons. The number of nitrogens with one attached hydrogen (secondary N) is 1. The van der Waals surface area contributed by atoms with Crippen LogP contribution < -0.4 is 19.6 Å². The van der Waals surface area contributed by atoms with Gasteiger partial charge < -0.3 is 14.2 Å². The Bertz CT molecular complexity index is 1190. The predicted octanol–water partition coefficient (Wildman–Crippen LogP) is 3.60. The van der Waals surface area contributed by atoms with Crippen molar-refractivity contribution in [1.82, 2.24) is 5.43 Å². The number of nitro benzene ring substituents is 1. The Morgan fingerprint density at radius 1 is 0.909 bits per heavy atom. The first-order chi connectivity index (χ1) is 15.9. The standard InChI is InChI=1S/C23H19N3O7/c1-31-18-8-4-16(5-9-18)22(27)25-24-14-15-3-12-21(20(13-15)26(29)30)33-23(28)17-6-10-19(32-2)11-7-17/h3-14H,1-2H3,(H,25,27)/b24-14-. The lowest BCUT2D eigenvalue weighted by molar-refractivity contribution is -0.385. The van der Waals surface area contributed by atoms with Gasteiger partial charge in [0.1, 0.15) is 11.5 Å². The molecular formula is C23H19N3O7. The van der Waals surface area contributed by atoms with E-state index in [9.17, 15) is 19.7 Å². The molecule has 0 aromatic heterocycles. The fourth-order valence-electron chi connectivity index (χ4n) is 2.70. The topological polar surface area (TPSA) is 129 Å². The van der Waals surface area contributed by atoms with Crippen LogP contribution >= 0.6 is 0 Å². The minimum absolute atomic E-state index is 0.206. The number of amides is 1. The number of methoxy groups -OCH3 is 2.